The average Bonchev–Trinajstić information content (AvgIpc) is 3.53. The molecule has 3 aromatic heterocycles. The molecule has 1 saturated carbocycles. The second-order valence-corrected chi connectivity index (χ2v) is 11.2. The van der Waals surface area contributed by atoms with Crippen molar-refractivity contribution in [1.82, 2.24) is 30.1 Å². The summed E-state index contributed by atoms with van der Waals surface area (Å²) in [6, 6.07) is 12.8. The lowest BCUT2D eigenvalue weighted by Crippen LogP contribution is -2.35. The van der Waals surface area contributed by atoms with E-state index in [9.17, 15) is 4.79 Å². The molecule has 8 heteroatoms. The van der Waals surface area contributed by atoms with E-state index in [4.69, 9.17) is 0 Å². The fraction of sp³-hybridized carbons (Fsp3) is 0.481. The van der Waals surface area contributed by atoms with Crippen molar-refractivity contribution in [1.29, 1.82) is 0 Å². The molecule has 0 amide bonds. The molecule has 0 bridgehead atoms. The molecule has 0 saturated heterocycles. The highest BCUT2D eigenvalue weighted by Gasteiger charge is 2.32. The summed E-state index contributed by atoms with van der Waals surface area (Å²) in [6.45, 7) is 7.75. The highest BCUT2D eigenvalue weighted by atomic mass is 32.1. The smallest absolute Gasteiger partial charge is 0.252 e. The Hall–Kier alpha value is -2.84. The maximum absolute atomic E-state index is 13.2. The summed E-state index contributed by atoms with van der Waals surface area (Å²) in [5.74, 6) is 1.18. The number of H-pyrrole nitrogens is 1. The van der Waals surface area contributed by atoms with Crippen LogP contribution in [0.15, 0.2) is 46.6 Å². The van der Waals surface area contributed by atoms with Gasteiger partial charge in [0.2, 0.25) is 0 Å². The molecule has 35 heavy (non-hydrogen) atoms. The lowest BCUT2D eigenvalue weighted by atomic mass is 9.94. The number of fused-ring (bicyclic) bond motifs is 1. The first-order valence-electron chi connectivity index (χ1n) is 12.7. The molecular weight excluding hydrogens is 456 g/mol. The third-order valence-corrected chi connectivity index (χ3v) is 7.98. The van der Waals surface area contributed by atoms with Crippen LogP contribution in [0.25, 0.3) is 10.9 Å². The summed E-state index contributed by atoms with van der Waals surface area (Å²) in [4.78, 5) is 19.9. The van der Waals surface area contributed by atoms with Crippen molar-refractivity contribution in [2.45, 2.75) is 78.0 Å². The van der Waals surface area contributed by atoms with Crippen molar-refractivity contribution >= 4 is 22.2 Å². The summed E-state index contributed by atoms with van der Waals surface area (Å²) in [6.07, 6.45) is 5.98. The Morgan fingerprint density at radius 2 is 1.97 bits per heavy atom. The molecule has 1 atom stereocenters. The predicted molar refractivity (Wildman–Crippen MR) is 140 cm³/mol. The molecule has 0 aliphatic heterocycles. The first kappa shape index (κ1) is 23.9. The molecule has 0 radical (unpaired) electrons. The molecule has 184 valence electrons. The number of hydrogen-bond acceptors (Lipinski definition) is 6. The maximum Gasteiger partial charge on any atom is 0.252 e. The quantitative estimate of drug-likeness (QED) is 0.338. The predicted octanol–water partition coefficient (Wildman–Crippen LogP) is 5.79. The number of benzene rings is 1. The lowest BCUT2D eigenvalue weighted by Gasteiger charge is -2.34. The number of pyridine rings is 1. The first-order valence-corrected chi connectivity index (χ1v) is 13.5. The van der Waals surface area contributed by atoms with Crippen molar-refractivity contribution in [3.63, 3.8) is 0 Å². The van der Waals surface area contributed by atoms with Crippen molar-refractivity contribution < 1.29 is 0 Å². The lowest BCUT2D eigenvalue weighted by molar-refractivity contribution is 0.122. The molecule has 1 aromatic carbocycles. The molecule has 1 aliphatic rings. The van der Waals surface area contributed by atoms with Gasteiger partial charge in [0.15, 0.2) is 5.82 Å². The Morgan fingerprint density at radius 3 is 2.71 bits per heavy atom. The van der Waals surface area contributed by atoms with Crippen LogP contribution in [0.1, 0.15) is 79.9 Å². The van der Waals surface area contributed by atoms with Gasteiger partial charge in [-0.3, -0.25) is 9.69 Å². The van der Waals surface area contributed by atoms with Crippen molar-refractivity contribution in [3.8, 4) is 0 Å². The van der Waals surface area contributed by atoms with E-state index < -0.39 is 0 Å². The van der Waals surface area contributed by atoms with E-state index in [1.165, 1.54) is 24.1 Å². The van der Waals surface area contributed by atoms with Crippen molar-refractivity contribution in [3.05, 3.63) is 74.0 Å². The van der Waals surface area contributed by atoms with Gasteiger partial charge in [-0.15, -0.1) is 16.4 Å². The summed E-state index contributed by atoms with van der Waals surface area (Å²) < 4.78 is 2.08. The number of nitrogens with one attached hydrogen (secondary N) is 1. The molecule has 7 nitrogen and oxygen atoms in total. The van der Waals surface area contributed by atoms with Crippen molar-refractivity contribution in [2.75, 3.05) is 0 Å². The summed E-state index contributed by atoms with van der Waals surface area (Å²) in [5, 5.41) is 16.3. The molecule has 1 fully saturated rings. The van der Waals surface area contributed by atoms with Gasteiger partial charge in [0.05, 0.1) is 12.1 Å². The minimum absolute atomic E-state index is 0.0119. The molecule has 1 aliphatic carbocycles. The van der Waals surface area contributed by atoms with Gasteiger partial charge in [0.1, 0.15) is 0 Å². The zero-order valence-corrected chi connectivity index (χ0v) is 21.6. The standard InChI is InChI=1S/C27H34N6OS/c1-18(2)25(26-29-30-31-33(26)22-8-5-4-6-9-22)32(17-23-10-7-13-35-23)16-21-15-20-12-11-19(3)14-24(20)28-27(21)34/h7,10-15,18,22,25H,4-6,8-9,16-17H2,1-3H3,(H,28,34). The summed E-state index contributed by atoms with van der Waals surface area (Å²) in [5.41, 5.74) is 2.74. The number of rotatable bonds is 8. The Balaban J connectivity index is 1.54. The van der Waals surface area contributed by atoms with Crippen LogP contribution in [0.5, 0.6) is 0 Å². The SMILES string of the molecule is Cc1ccc2cc(CN(Cc3cccs3)C(c3nnnn3C3CCCCC3)C(C)C)c(=O)[nH]c2c1. The number of nitrogens with zero attached hydrogens (tertiary/aromatic N) is 5. The van der Waals surface area contributed by atoms with Crippen LogP contribution < -0.4 is 5.56 Å². The molecule has 1 unspecified atom stereocenters. The Kier molecular flexibility index (Phi) is 7.11. The molecule has 4 aromatic rings. The van der Waals surface area contributed by atoms with E-state index in [0.29, 0.717) is 12.6 Å². The fourth-order valence-electron chi connectivity index (χ4n) is 5.42. The number of aromatic amines is 1. The van der Waals surface area contributed by atoms with Gasteiger partial charge in [0, 0.05) is 29.0 Å². The number of thiophene rings is 1. The summed E-state index contributed by atoms with van der Waals surface area (Å²) in [7, 11) is 0. The van der Waals surface area contributed by atoms with Crippen LogP contribution in [0, 0.1) is 12.8 Å². The van der Waals surface area contributed by atoms with Gasteiger partial charge in [-0.05, 0) is 70.6 Å². The second kappa shape index (κ2) is 10.4. The molecule has 1 N–H and O–H groups in total. The largest absolute Gasteiger partial charge is 0.322 e. The van der Waals surface area contributed by atoms with E-state index in [0.717, 1.165) is 47.2 Å². The number of tetrazole rings is 1. The number of hydrogen-bond donors (Lipinski definition) is 1. The van der Waals surface area contributed by atoms with E-state index in [-0.39, 0.29) is 17.5 Å². The Morgan fingerprint density at radius 1 is 1.14 bits per heavy atom. The highest BCUT2D eigenvalue weighted by Crippen LogP contribution is 2.35. The zero-order valence-electron chi connectivity index (χ0n) is 20.8. The zero-order chi connectivity index (χ0) is 24.4. The third kappa shape index (κ3) is 5.23. The van der Waals surface area contributed by atoms with Crippen LogP contribution >= 0.6 is 11.3 Å². The van der Waals surface area contributed by atoms with E-state index in [1.807, 2.05) is 19.1 Å². The minimum Gasteiger partial charge on any atom is -0.322 e. The van der Waals surface area contributed by atoms with E-state index in [2.05, 4.69) is 73.6 Å². The van der Waals surface area contributed by atoms with Gasteiger partial charge >= 0.3 is 0 Å². The Labute approximate surface area is 210 Å². The van der Waals surface area contributed by atoms with Crippen LogP contribution in [-0.4, -0.2) is 30.1 Å². The third-order valence-electron chi connectivity index (χ3n) is 7.12. The minimum atomic E-state index is -0.0336. The van der Waals surface area contributed by atoms with Gasteiger partial charge in [-0.1, -0.05) is 51.3 Å². The van der Waals surface area contributed by atoms with Gasteiger partial charge < -0.3 is 4.98 Å². The fourth-order valence-corrected chi connectivity index (χ4v) is 6.15. The van der Waals surface area contributed by atoms with Crippen molar-refractivity contribution in [2.24, 2.45) is 5.92 Å². The average molecular weight is 491 g/mol. The summed E-state index contributed by atoms with van der Waals surface area (Å²) >= 11 is 1.74. The first-order chi connectivity index (χ1) is 17.0. The number of aromatic nitrogens is 5. The van der Waals surface area contributed by atoms with Crippen LogP contribution in [-0.2, 0) is 13.1 Å². The topological polar surface area (TPSA) is 79.7 Å². The number of aryl methyl sites for hydroxylation is 1. The highest BCUT2D eigenvalue weighted by molar-refractivity contribution is 7.09. The molecule has 5 rings (SSSR count). The molecule has 3 heterocycles. The maximum atomic E-state index is 13.2. The molecular formula is C27H34N6OS. The van der Waals surface area contributed by atoms with Crippen LogP contribution in [0.3, 0.4) is 0 Å². The monoisotopic (exact) mass is 490 g/mol. The second-order valence-electron chi connectivity index (χ2n) is 10.2. The Bertz CT molecular complexity index is 1320. The van der Waals surface area contributed by atoms with Crippen LogP contribution in [0.4, 0.5) is 0 Å². The van der Waals surface area contributed by atoms with Gasteiger partial charge in [-0.2, -0.15) is 0 Å². The van der Waals surface area contributed by atoms with Gasteiger partial charge in [-0.25, -0.2) is 4.68 Å². The normalized spacial score (nSPS) is 15.9. The molecule has 0 spiro atoms. The van der Waals surface area contributed by atoms with Crippen LogP contribution in [0.2, 0.25) is 0 Å². The van der Waals surface area contributed by atoms with E-state index in [1.54, 1.807) is 11.3 Å². The van der Waals surface area contributed by atoms with E-state index >= 15 is 0 Å². The van der Waals surface area contributed by atoms with Gasteiger partial charge in [0.25, 0.3) is 5.56 Å².